The quantitative estimate of drug-likeness (QED) is 0.312. The zero-order valence-corrected chi connectivity index (χ0v) is 17.9. The van der Waals surface area contributed by atoms with E-state index in [9.17, 15) is 13.2 Å². The first-order chi connectivity index (χ1) is 15.0. The molecule has 3 rings (SSSR count). The van der Waals surface area contributed by atoms with Crippen molar-refractivity contribution in [2.75, 3.05) is 6.61 Å². The molecule has 0 N–H and O–H groups in total. The summed E-state index contributed by atoms with van der Waals surface area (Å²) in [6.07, 6.45) is 3.35. The Bertz CT molecular complexity index is 1000. The molecule has 0 fully saturated rings. The summed E-state index contributed by atoms with van der Waals surface area (Å²) in [4.78, 5) is 0. The van der Waals surface area contributed by atoms with Crippen molar-refractivity contribution >= 4 is 0 Å². The lowest BCUT2D eigenvalue weighted by molar-refractivity contribution is 0.284. The number of rotatable bonds is 10. The Morgan fingerprint density at radius 3 is 2.23 bits per heavy atom. The molecule has 0 unspecified atom stereocenters. The van der Waals surface area contributed by atoms with Crippen LogP contribution in [0.25, 0.3) is 11.1 Å². The fourth-order valence-electron chi connectivity index (χ4n) is 3.37. The van der Waals surface area contributed by atoms with Crippen LogP contribution < -0.4 is 9.47 Å². The molecule has 31 heavy (non-hydrogen) atoms. The highest BCUT2D eigenvalue weighted by Crippen LogP contribution is 2.28. The maximum absolute atomic E-state index is 14.4. The third-order valence-corrected chi connectivity index (χ3v) is 5.09. The first kappa shape index (κ1) is 22.7. The lowest BCUT2D eigenvalue weighted by Crippen LogP contribution is -2.02. The van der Waals surface area contributed by atoms with Gasteiger partial charge in [-0.1, -0.05) is 50.1 Å². The van der Waals surface area contributed by atoms with Crippen molar-refractivity contribution in [1.82, 2.24) is 0 Å². The first-order valence-electron chi connectivity index (χ1n) is 10.6. The summed E-state index contributed by atoms with van der Waals surface area (Å²) in [5.41, 5.74) is 2.31. The van der Waals surface area contributed by atoms with Crippen LogP contribution in [-0.4, -0.2) is 6.61 Å². The number of hydrogen-bond acceptors (Lipinski definition) is 2. The molecule has 0 radical (unpaired) electrons. The normalized spacial score (nSPS) is 10.9. The molecule has 0 aliphatic rings. The number of unbranched alkanes of at least 4 members (excludes halogenated alkanes) is 2. The minimum absolute atomic E-state index is 0.0809. The van der Waals surface area contributed by atoms with Crippen LogP contribution in [0.3, 0.4) is 0 Å². The lowest BCUT2D eigenvalue weighted by atomic mass is 10.0. The standard InChI is InChI=1S/C26H27F3O2/c1-3-5-6-7-20-12-15-24(26(29)25(20)28)31-17-18-8-10-19(11-9-18)22-14-13-21(30-4-2)16-23(22)27/h8-16H,3-7,17H2,1-2H3. The van der Waals surface area contributed by atoms with Gasteiger partial charge in [0.1, 0.15) is 18.2 Å². The van der Waals surface area contributed by atoms with E-state index in [1.54, 1.807) is 42.5 Å². The van der Waals surface area contributed by atoms with Gasteiger partial charge in [0.15, 0.2) is 11.6 Å². The van der Waals surface area contributed by atoms with Gasteiger partial charge in [0.05, 0.1) is 6.61 Å². The van der Waals surface area contributed by atoms with Crippen LogP contribution in [0.15, 0.2) is 54.6 Å². The summed E-state index contributed by atoms with van der Waals surface area (Å²) < 4.78 is 53.8. The van der Waals surface area contributed by atoms with E-state index >= 15 is 0 Å². The predicted molar refractivity (Wildman–Crippen MR) is 117 cm³/mol. The Labute approximate surface area is 181 Å². The predicted octanol–water partition coefficient (Wildman–Crippen LogP) is 7.48. The van der Waals surface area contributed by atoms with E-state index in [1.807, 2.05) is 6.92 Å². The zero-order chi connectivity index (χ0) is 22.2. The van der Waals surface area contributed by atoms with E-state index in [0.717, 1.165) is 24.8 Å². The maximum atomic E-state index is 14.4. The molecule has 0 aliphatic carbocycles. The van der Waals surface area contributed by atoms with Gasteiger partial charge < -0.3 is 9.47 Å². The monoisotopic (exact) mass is 428 g/mol. The van der Waals surface area contributed by atoms with E-state index in [4.69, 9.17) is 9.47 Å². The second kappa shape index (κ2) is 10.9. The van der Waals surface area contributed by atoms with E-state index in [2.05, 4.69) is 6.92 Å². The number of halogens is 3. The van der Waals surface area contributed by atoms with Crippen molar-refractivity contribution in [1.29, 1.82) is 0 Å². The first-order valence-corrected chi connectivity index (χ1v) is 10.6. The van der Waals surface area contributed by atoms with Crippen molar-refractivity contribution in [3.8, 4) is 22.6 Å². The molecule has 3 aromatic rings. The van der Waals surface area contributed by atoms with Crippen LogP contribution in [-0.2, 0) is 13.0 Å². The highest BCUT2D eigenvalue weighted by Gasteiger charge is 2.14. The minimum atomic E-state index is -0.956. The van der Waals surface area contributed by atoms with Gasteiger partial charge in [-0.25, -0.2) is 8.78 Å². The fourth-order valence-corrected chi connectivity index (χ4v) is 3.37. The lowest BCUT2D eigenvalue weighted by Gasteiger charge is -2.11. The molecular weight excluding hydrogens is 401 g/mol. The molecule has 0 heterocycles. The second-order valence-corrected chi connectivity index (χ2v) is 7.37. The second-order valence-electron chi connectivity index (χ2n) is 7.37. The Morgan fingerprint density at radius 1 is 0.774 bits per heavy atom. The number of hydrogen-bond donors (Lipinski definition) is 0. The SMILES string of the molecule is CCCCCc1ccc(OCc2ccc(-c3ccc(OCC)cc3F)cc2)c(F)c1F. The molecular formula is C26H27F3O2. The van der Waals surface area contributed by atoms with Crippen LogP contribution in [0.5, 0.6) is 11.5 Å². The molecule has 5 heteroatoms. The molecule has 0 saturated carbocycles. The molecule has 0 amide bonds. The van der Waals surface area contributed by atoms with Crippen molar-refractivity contribution in [3.05, 3.63) is 83.2 Å². The largest absolute Gasteiger partial charge is 0.494 e. The molecule has 0 aliphatic heterocycles. The van der Waals surface area contributed by atoms with Crippen molar-refractivity contribution < 1.29 is 22.6 Å². The summed E-state index contributed by atoms with van der Waals surface area (Å²) in [6.45, 7) is 4.46. The molecule has 0 saturated heterocycles. The summed E-state index contributed by atoms with van der Waals surface area (Å²) in [5, 5.41) is 0. The van der Waals surface area contributed by atoms with E-state index < -0.39 is 11.6 Å². The Hall–Kier alpha value is -2.95. The molecule has 0 atom stereocenters. The van der Waals surface area contributed by atoms with Crippen LogP contribution in [0, 0.1) is 17.5 Å². The zero-order valence-electron chi connectivity index (χ0n) is 17.9. The number of benzene rings is 3. The Morgan fingerprint density at radius 2 is 1.55 bits per heavy atom. The molecule has 164 valence electrons. The van der Waals surface area contributed by atoms with E-state index in [-0.39, 0.29) is 18.2 Å². The number of aryl methyl sites for hydroxylation is 1. The van der Waals surface area contributed by atoms with Gasteiger partial charge in [-0.2, -0.15) is 4.39 Å². The van der Waals surface area contributed by atoms with Gasteiger partial charge in [0, 0.05) is 11.6 Å². The molecule has 0 aromatic heterocycles. The van der Waals surface area contributed by atoms with Crippen LogP contribution in [0.4, 0.5) is 13.2 Å². The molecule has 0 bridgehead atoms. The topological polar surface area (TPSA) is 18.5 Å². The Kier molecular flexibility index (Phi) is 7.99. The van der Waals surface area contributed by atoms with Crippen molar-refractivity contribution in [3.63, 3.8) is 0 Å². The van der Waals surface area contributed by atoms with Crippen molar-refractivity contribution in [2.24, 2.45) is 0 Å². The average Bonchev–Trinajstić information content (AvgIpc) is 2.77. The average molecular weight is 428 g/mol. The summed E-state index contributed by atoms with van der Waals surface area (Å²) >= 11 is 0. The minimum Gasteiger partial charge on any atom is -0.494 e. The third kappa shape index (κ3) is 5.81. The maximum Gasteiger partial charge on any atom is 0.200 e. The molecule has 3 aromatic carbocycles. The van der Waals surface area contributed by atoms with Gasteiger partial charge in [-0.05, 0) is 54.7 Å². The van der Waals surface area contributed by atoms with Crippen LogP contribution in [0.1, 0.15) is 44.2 Å². The third-order valence-electron chi connectivity index (χ3n) is 5.09. The molecule has 2 nitrogen and oxygen atoms in total. The van der Waals surface area contributed by atoms with Gasteiger partial charge in [-0.15, -0.1) is 0 Å². The van der Waals surface area contributed by atoms with Gasteiger partial charge in [-0.3, -0.25) is 0 Å². The van der Waals surface area contributed by atoms with E-state index in [1.165, 1.54) is 12.1 Å². The fraction of sp³-hybridized carbons (Fsp3) is 0.308. The van der Waals surface area contributed by atoms with Gasteiger partial charge in [0.25, 0.3) is 0 Å². The highest BCUT2D eigenvalue weighted by atomic mass is 19.2. The molecule has 0 spiro atoms. The number of ether oxygens (including phenoxy) is 2. The summed E-state index contributed by atoms with van der Waals surface area (Å²) in [5.74, 6) is -1.79. The van der Waals surface area contributed by atoms with E-state index in [0.29, 0.717) is 35.5 Å². The summed E-state index contributed by atoms with van der Waals surface area (Å²) in [6, 6.07) is 14.9. The van der Waals surface area contributed by atoms with Crippen LogP contribution in [0.2, 0.25) is 0 Å². The van der Waals surface area contributed by atoms with Crippen LogP contribution >= 0.6 is 0 Å². The van der Waals surface area contributed by atoms with Crippen molar-refractivity contribution in [2.45, 2.75) is 46.1 Å². The van der Waals surface area contributed by atoms with Gasteiger partial charge >= 0.3 is 0 Å². The Balaban J connectivity index is 1.65. The summed E-state index contributed by atoms with van der Waals surface area (Å²) in [7, 11) is 0. The highest BCUT2D eigenvalue weighted by molar-refractivity contribution is 5.65. The smallest absolute Gasteiger partial charge is 0.200 e. The van der Waals surface area contributed by atoms with Gasteiger partial charge in [0.2, 0.25) is 5.82 Å².